The minimum absolute atomic E-state index is 0.0291. The number of nitrogens with zero attached hydrogens (tertiary/aromatic N) is 3. The monoisotopic (exact) mass is 551 g/mol. The van der Waals surface area contributed by atoms with E-state index in [2.05, 4.69) is 10.6 Å². The molecule has 2 saturated heterocycles. The Morgan fingerprint density at radius 3 is 2.35 bits per heavy atom. The van der Waals surface area contributed by atoms with E-state index >= 15 is 0 Å². The second-order valence-electron chi connectivity index (χ2n) is 10.4. The summed E-state index contributed by atoms with van der Waals surface area (Å²) in [5.41, 5.74) is 2.81. The quantitative estimate of drug-likeness (QED) is 0.460. The van der Waals surface area contributed by atoms with Gasteiger partial charge in [0, 0.05) is 38.4 Å². The van der Waals surface area contributed by atoms with E-state index in [1.807, 2.05) is 43.0 Å². The topological polar surface area (TPSA) is 132 Å². The van der Waals surface area contributed by atoms with E-state index in [1.54, 1.807) is 28.0 Å². The predicted octanol–water partition coefficient (Wildman–Crippen LogP) is 2.66. The molecule has 2 aliphatic rings. The number of carbonyl (C=O) groups is 4. The number of amides is 4. The zero-order valence-electron chi connectivity index (χ0n) is 23.2. The zero-order chi connectivity index (χ0) is 28.8. The normalized spacial score (nSPS) is 19.3. The Balaban J connectivity index is 1.38. The van der Waals surface area contributed by atoms with E-state index in [0.29, 0.717) is 55.4 Å². The van der Waals surface area contributed by atoms with Gasteiger partial charge in [-0.15, -0.1) is 0 Å². The number of aryl methyl sites for hydroxylation is 1. The highest BCUT2D eigenvalue weighted by Gasteiger charge is 2.41. The third kappa shape index (κ3) is 6.90. The number of likely N-dealkylation sites (tertiary alicyclic amines) is 1. The molecular formula is C29H37N5O6. The summed E-state index contributed by atoms with van der Waals surface area (Å²) in [6, 6.07) is 11.7. The highest BCUT2D eigenvalue weighted by molar-refractivity contribution is 6.01. The van der Waals surface area contributed by atoms with Crippen LogP contribution in [-0.4, -0.2) is 96.0 Å². The third-order valence-corrected chi connectivity index (χ3v) is 7.58. The summed E-state index contributed by atoms with van der Waals surface area (Å²) in [6.07, 6.45) is 0.832. The minimum atomic E-state index is -0.882. The predicted molar refractivity (Wildman–Crippen MR) is 150 cm³/mol. The van der Waals surface area contributed by atoms with Gasteiger partial charge in [0.05, 0.1) is 25.8 Å². The Bertz CT molecular complexity index is 1260. The van der Waals surface area contributed by atoms with Gasteiger partial charge < -0.3 is 30.3 Å². The molecule has 2 atom stereocenters. The first-order valence-electron chi connectivity index (χ1n) is 13.5. The Kier molecular flexibility index (Phi) is 9.26. The van der Waals surface area contributed by atoms with Crippen LogP contribution in [-0.2, 0) is 20.8 Å². The number of methoxy groups -OCH3 is 1. The van der Waals surface area contributed by atoms with Gasteiger partial charge in [0.2, 0.25) is 11.8 Å². The lowest BCUT2D eigenvalue weighted by molar-refractivity contribution is -0.146. The van der Waals surface area contributed by atoms with Crippen LogP contribution in [0.15, 0.2) is 42.5 Å². The Morgan fingerprint density at radius 1 is 0.975 bits per heavy atom. The highest BCUT2D eigenvalue weighted by Crippen LogP contribution is 2.29. The standard InChI is InChI=1S/C29H37N5O6/c1-19-6-4-5-7-22(19)30-29(39)31-23-9-8-21(16-24(23)40-3)17-25(35)34-11-10-20(2)27(34)28(38)33-14-12-32(13-15-33)18-26(36)37/h4-9,16,20,27H,10-15,17-18H2,1-3H3,(H,36,37)(H2,30,31,39). The number of para-hydroxylation sites is 1. The largest absolute Gasteiger partial charge is 0.495 e. The van der Waals surface area contributed by atoms with E-state index in [9.17, 15) is 19.2 Å². The summed E-state index contributed by atoms with van der Waals surface area (Å²) in [6.45, 7) is 6.24. The van der Waals surface area contributed by atoms with Gasteiger partial charge in [0.25, 0.3) is 0 Å². The van der Waals surface area contributed by atoms with Gasteiger partial charge in [-0.05, 0) is 48.6 Å². The molecule has 2 unspecified atom stereocenters. The maximum absolute atomic E-state index is 13.4. The molecule has 2 aromatic rings. The van der Waals surface area contributed by atoms with Gasteiger partial charge in [-0.25, -0.2) is 4.79 Å². The number of carbonyl (C=O) groups excluding carboxylic acids is 3. The summed E-state index contributed by atoms with van der Waals surface area (Å²) in [7, 11) is 1.50. The fourth-order valence-corrected chi connectivity index (χ4v) is 5.32. The summed E-state index contributed by atoms with van der Waals surface area (Å²) < 4.78 is 5.49. The zero-order valence-corrected chi connectivity index (χ0v) is 23.2. The van der Waals surface area contributed by atoms with Crippen molar-refractivity contribution in [3.8, 4) is 5.75 Å². The number of aliphatic carboxylic acids is 1. The number of hydrogen-bond donors (Lipinski definition) is 3. The number of hydrogen-bond acceptors (Lipinski definition) is 6. The fraction of sp³-hybridized carbons (Fsp3) is 0.448. The van der Waals surface area contributed by atoms with Crippen LogP contribution in [0.2, 0.25) is 0 Å². The van der Waals surface area contributed by atoms with E-state index in [-0.39, 0.29) is 30.7 Å². The van der Waals surface area contributed by atoms with Crippen molar-refractivity contribution in [2.75, 3.05) is 57.0 Å². The molecule has 3 N–H and O–H groups in total. The van der Waals surface area contributed by atoms with Crippen molar-refractivity contribution in [1.82, 2.24) is 14.7 Å². The number of benzene rings is 2. The number of piperazine rings is 1. The molecule has 0 bridgehead atoms. The summed E-state index contributed by atoms with van der Waals surface area (Å²) in [4.78, 5) is 55.6. The number of rotatable bonds is 8. The van der Waals surface area contributed by atoms with Crippen LogP contribution < -0.4 is 15.4 Å². The molecule has 2 fully saturated rings. The molecule has 0 spiro atoms. The maximum atomic E-state index is 13.4. The van der Waals surface area contributed by atoms with E-state index in [1.165, 1.54) is 7.11 Å². The smallest absolute Gasteiger partial charge is 0.323 e. The van der Waals surface area contributed by atoms with Crippen molar-refractivity contribution in [3.05, 3.63) is 53.6 Å². The van der Waals surface area contributed by atoms with Crippen LogP contribution in [0.5, 0.6) is 5.75 Å². The van der Waals surface area contributed by atoms with Gasteiger partial charge in [-0.2, -0.15) is 0 Å². The van der Waals surface area contributed by atoms with Crippen LogP contribution in [0.25, 0.3) is 0 Å². The summed E-state index contributed by atoms with van der Waals surface area (Å²) in [5, 5.41) is 14.6. The van der Waals surface area contributed by atoms with Gasteiger partial charge in [0.1, 0.15) is 11.8 Å². The van der Waals surface area contributed by atoms with Gasteiger partial charge in [-0.3, -0.25) is 19.3 Å². The first-order valence-corrected chi connectivity index (χ1v) is 13.5. The molecule has 4 amide bonds. The lowest BCUT2D eigenvalue weighted by Crippen LogP contribution is -2.56. The molecule has 4 rings (SSSR count). The fourth-order valence-electron chi connectivity index (χ4n) is 5.32. The Hall–Kier alpha value is -4.12. The van der Waals surface area contributed by atoms with Crippen LogP contribution in [0.1, 0.15) is 24.5 Å². The van der Waals surface area contributed by atoms with Crippen molar-refractivity contribution < 1.29 is 29.0 Å². The molecule has 2 heterocycles. The number of urea groups is 1. The minimum Gasteiger partial charge on any atom is -0.495 e. The lowest BCUT2D eigenvalue weighted by Gasteiger charge is -2.37. The van der Waals surface area contributed by atoms with Crippen molar-refractivity contribution in [1.29, 1.82) is 0 Å². The first kappa shape index (κ1) is 28.9. The number of anilines is 2. The Labute approximate surface area is 234 Å². The molecule has 0 radical (unpaired) electrons. The van der Waals surface area contributed by atoms with E-state index in [0.717, 1.165) is 12.0 Å². The van der Waals surface area contributed by atoms with Gasteiger partial charge in [0.15, 0.2) is 0 Å². The van der Waals surface area contributed by atoms with Crippen molar-refractivity contribution in [2.45, 2.75) is 32.7 Å². The van der Waals surface area contributed by atoms with Crippen LogP contribution >= 0.6 is 0 Å². The summed E-state index contributed by atoms with van der Waals surface area (Å²) >= 11 is 0. The lowest BCUT2D eigenvalue weighted by atomic mass is 10.0. The number of nitrogens with one attached hydrogen (secondary N) is 2. The number of carboxylic acid groups (broad SMARTS) is 1. The highest BCUT2D eigenvalue weighted by atomic mass is 16.5. The average Bonchev–Trinajstić information content (AvgIpc) is 3.32. The third-order valence-electron chi connectivity index (χ3n) is 7.58. The SMILES string of the molecule is COc1cc(CC(=O)N2CCC(C)C2C(=O)N2CCN(CC(=O)O)CC2)ccc1NC(=O)Nc1ccccc1C. The second kappa shape index (κ2) is 12.8. The summed E-state index contributed by atoms with van der Waals surface area (Å²) in [5.74, 6) is -0.655. The maximum Gasteiger partial charge on any atom is 0.323 e. The van der Waals surface area contributed by atoms with Crippen molar-refractivity contribution in [2.24, 2.45) is 5.92 Å². The number of carboxylic acids is 1. The first-order chi connectivity index (χ1) is 19.2. The molecule has 11 nitrogen and oxygen atoms in total. The van der Waals surface area contributed by atoms with Crippen LogP contribution in [0.4, 0.5) is 16.2 Å². The molecule has 0 saturated carbocycles. The molecule has 214 valence electrons. The molecule has 0 aliphatic carbocycles. The van der Waals surface area contributed by atoms with E-state index < -0.39 is 18.0 Å². The molecule has 2 aliphatic heterocycles. The van der Waals surface area contributed by atoms with E-state index in [4.69, 9.17) is 9.84 Å². The van der Waals surface area contributed by atoms with Gasteiger partial charge >= 0.3 is 12.0 Å². The number of ether oxygens (including phenoxy) is 1. The van der Waals surface area contributed by atoms with Gasteiger partial charge in [-0.1, -0.05) is 31.2 Å². The molecule has 2 aromatic carbocycles. The van der Waals surface area contributed by atoms with Crippen molar-refractivity contribution >= 4 is 35.2 Å². The van der Waals surface area contributed by atoms with Crippen LogP contribution in [0, 0.1) is 12.8 Å². The van der Waals surface area contributed by atoms with Crippen LogP contribution in [0.3, 0.4) is 0 Å². The second-order valence-corrected chi connectivity index (χ2v) is 10.4. The molecule has 0 aromatic heterocycles. The van der Waals surface area contributed by atoms with Crippen molar-refractivity contribution in [3.63, 3.8) is 0 Å². The molecular weight excluding hydrogens is 514 g/mol. The molecule has 11 heteroatoms. The average molecular weight is 552 g/mol. The Morgan fingerprint density at radius 2 is 1.68 bits per heavy atom. The molecule has 40 heavy (non-hydrogen) atoms.